The van der Waals surface area contributed by atoms with Gasteiger partial charge in [0.05, 0.1) is 12.3 Å². The predicted molar refractivity (Wildman–Crippen MR) is 87.7 cm³/mol. The van der Waals surface area contributed by atoms with Gasteiger partial charge < -0.3 is 9.94 Å². The molecule has 0 spiro atoms. The molecule has 0 unspecified atom stereocenters. The highest BCUT2D eigenvalue weighted by Crippen LogP contribution is 2.18. The highest BCUT2D eigenvalue weighted by Gasteiger charge is 2.02. The average Bonchev–Trinajstić information content (AvgIpc) is 2.55. The Labute approximate surface area is 129 Å². The van der Waals surface area contributed by atoms with E-state index in [2.05, 4.69) is 17.3 Å². The maximum Gasteiger partial charge on any atom is 0.119 e. The second-order valence-electron chi connectivity index (χ2n) is 4.43. The Kier molecular flexibility index (Phi) is 6.16. The molecule has 3 nitrogen and oxygen atoms in total. The molecule has 2 rings (SSSR count). The van der Waals surface area contributed by atoms with Crippen molar-refractivity contribution < 1.29 is 9.94 Å². The van der Waals surface area contributed by atoms with Gasteiger partial charge in [-0.05, 0) is 48.4 Å². The van der Waals surface area contributed by atoms with Crippen LogP contribution in [-0.2, 0) is 0 Å². The van der Waals surface area contributed by atoms with Crippen molar-refractivity contribution in [3.8, 4) is 5.75 Å². The van der Waals surface area contributed by atoms with E-state index < -0.39 is 0 Å². The summed E-state index contributed by atoms with van der Waals surface area (Å²) in [5, 5.41) is 12.2. The summed E-state index contributed by atoms with van der Waals surface area (Å²) in [6.45, 7) is 2.62. The van der Waals surface area contributed by atoms with E-state index in [-0.39, 0.29) is 0 Å². The number of thioether (sulfide) groups is 1. The van der Waals surface area contributed by atoms with Crippen molar-refractivity contribution in [3.63, 3.8) is 0 Å². The van der Waals surface area contributed by atoms with Gasteiger partial charge in [-0.3, -0.25) is 0 Å². The zero-order chi connectivity index (χ0) is 14.9. The van der Waals surface area contributed by atoms with Crippen LogP contribution in [0, 0.1) is 0 Å². The zero-order valence-electron chi connectivity index (χ0n) is 12.0. The molecular formula is C17H19NO2S. The van der Waals surface area contributed by atoms with Gasteiger partial charge in [-0.2, -0.15) is 0 Å². The fraction of sp³-hybridized carbons (Fsp3) is 0.235. The van der Waals surface area contributed by atoms with Gasteiger partial charge in [0.25, 0.3) is 0 Å². The summed E-state index contributed by atoms with van der Waals surface area (Å²) in [5.41, 5.74) is 1.60. The minimum Gasteiger partial charge on any atom is -0.493 e. The molecule has 0 aliphatic heterocycles. The SMILES string of the molecule is CCC(=NO)c1ccc(OCCSc2ccccc2)cc1. The Morgan fingerprint density at radius 3 is 2.43 bits per heavy atom. The van der Waals surface area contributed by atoms with Crippen molar-refractivity contribution in [3.05, 3.63) is 60.2 Å². The summed E-state index contributed by atoms with van der Waals surface area (Å²) in [6, 6.07) is 17.9. The molecule has 0 aliphatic carbocycles. The fourth-order valence-corrected chi connectivity index (χ4v) is 2.66. The van der Waals surface area contributed by atoms with Crippen LogP contribution in [0.15, 0.2) is 64.6 Å². The van der Waals surface area contributed by atoms with E-state index in [1.165, 1.54) is 4.90 Å². The molecular weight excluding hydrogens is 282 g/mol. The molecule has 110 valence electrons. The van der Waals surface area contributed by atoms with Crippen LogP contribution in [0.5, 0.6) is 5.75 Å². The molecule has 0 atom stereocenters. The molecule has 0 heterocycles. The van der Waals surface area contributed by atoms with E-state index in [0.717, 1.165) is 17.1 Å². The molecule has 0 amide bonds. The van der Waals surface area contributed by atoms with Gasteiger partial charge in [-0.15, -0.1) is 11.8 Å². The topological polar surface area (TPSA) is 41.8 Å². The van der Waals surface area contributed by atoms with Crippen LogP contribution in [0.3, 0.4) is 0 Å². The van der Waals surface area contributed by atoms with E-state index in [0.29, 0.717) is 18.7 Å². The summed E-state index contributed by atoms with van der Waals surface area (Å²) in [6.07, 6.45) is 0.699. The van der Waals surface area contributed by atoms with Gasteiger partial charge in [0.1, 0.15) is 5.75 Å². The third-order valence-electron chi connectivity index (χ3n) is 3.01. The number of hydrogen-bond donors (Lipinski definition) is 1. The number of ether oxygens (including phenoxy) is 1. The number of rotatable bonds is 7. The third kappa shape index (κ3) is 4.83. The first-order valence-electron chi connectivity index (χ1n) is 6.95. The van der Waals surface area contributed by atoms with E-state index in [9.17, 15) is 0 Å². The Morgan fingerprint density at radius 1 is 1.10 bits per heavy atom. The van der Waals surface area contributed by atoms with Gasteiger partial charge in [0.15, 0.2) is 0 Å². The van der Waals surface area contributed by atoms with Crippen LogP contribution >= 0.6 is 11.8 Å². The molecule has 2 aromatic carbocycles. The van der Waals surface area contributed by atoms with Crippen molar-refractivity contribution in [2.45, 2.75) is 18.2 Å². The maximum atomic E-state index is 8.88. The fourth-order valence-electron chi connectivity index (χ4n) is 1.91. The largest absolute Gasteiger partial charge is 0.493 e. The first-order valence-corrected chi connectivity index (χ1v) is 7.94. The van der Waals surface area contributed by atoms with Gasteiger partial charge >= 0.3 is 0 Å². The van der Waals surface area contributed by atoms with Crippen LogP contribution in [0.2, 0.25) is 0 Å². The van der Waals surface area contributed by atoms with Crippen LogP contribution in [0.1, 0.15) is 18.9 Å². The second kappa shape index (κ2) is 8.37. The molecule has 0 saturated carbocycles. The lowest BCUT2D eigenvalue weighted by Crippen LogP contribution is -2.02. The van der Waals surface area contributed by atoms with Crippen molar-refractivity contribution >= 4 is 17.5 Å². The van der Waals surface area contributed by atoms with Crippen LogP contribution < -0.4 is 4.74 Å². The van der Waals surface area contributed by atoms with Gasteiger partial charge in [0, 0.05) is 10.6 Å². The second-order valence-corrected chi connectivity index (χ2v) is 5.60. The standard InChI is InChI=1S/C17H19NO2S/c1-2-17(18-19)14-8-10-15(11-9-14)20-12-13-21-16-6-4-3-5-7-16/h3-11,19H,2,12-13H2,1H3. The van der Waals surface area contributed by atoms with E-state index >= 15 is 0 Å². The quantitative estimate of drug-likeness (QED) is 0.270. The molecule has 0 saturated heterocycles. The summed E-state index contributed by atoms with van der Waals surface area (Å²) in [5.74, 6) is 1.74. The number of hydrogen-bond acceptors (Lipinski definition) is 4. The molecule has 0 fully saturated rings. The van der Waals surface area contributed by atoms with Crippen molar-refractivity contribution in [1.29, 1.82) is 0 Å². The number of benzene rings is 2. The molecule has 0 bridgehead atoms. The van der Waals surface area contributed by atoms with Crippen molar-refractivity contribution in [2.24, 2.45) is 5.16 Å². The van der Waals surface area contributed by atoms with Gasteiger partial charge in [-0.25, -0.2) is 0 Å². The van der Waals surface area contributed by atoms with E-state index in [4.69, 9.17) is 9.94 Å². The minimum absolute atomic E-state index is 0.660. The Morgan fingerprint density at radius 2 is 1.81 bits per heavy atom. The Balaban J connectivity index is 1.79. The normalized spacial score (nSPS) is 11.4. The third-order valence-corrected chi connectivity index (χ3v) is 3.98. The molecule has 1 N–H and O–H groups in total. The molecule has 2 aromatic rings. The van der Waals surface area contributed by atoms with E-state index in [1.54, 1.807) is 11.8 Å². The van der Waals surface area contributed by atoms with Crippen LogP contribution in [0.25, 0.3) is 0 Å². The smallest absolute Gasteiger partial charge is 0.119 e. The van der Waals surface area contributed by atoms with Crippen LogP contribution in [0.4, 0.5) is 0 Å². The molecule has 0 radical (unpaired) electrons. The predicted octanol–water partition coefficient (Wildman–Crippen LogP) is 4.45. The summed E-state index contributed by atoms with van der Waals surface area (Å²) in [7, 11) is 0. The summed E-state index contributed by atoms with van der Waals surface area (Å²) < 4.78 is 5.71. The highest BCUT2D eigenvalue weighted by molar-refractivity contribution is 7.99. The first-order chi connectivity index (χ1) is 10.3. The first kappa shape index (κ1) is 15.4. The molecule has 0 aromatic heterocycles. The monoisotopic (exact) mass is 301 g/mol. The Hall–Kier alpha value is -1.94. The van der Waals surface area contributed by atoms with Gasteiger partial charge in [0.2, 0.25) is 0 Å². The Bertz CT molecular complexity index is 567. The summed E-state index contributed by atoms with van der Waals surface area (Å²) in [4.78, 5) is 1.25. The maximum absolute atomic E-state index is 8.88. The highest BCUT2D eigenvalue weighted by atomic mass is 32.2. The van der Waals surface area contributed by atoms with Crippen molar-refractivity contribution in [2.75, 3.05) is 12.4 Å². The van der Waals surface area contributed by atoms with E-state index in [1.807, 2.05) is 49.4 Å². The summed E-state index contributed by atoms with van der Waals surface area (Å²) >= 11 is 1.78. The number of nitrogens with zero attached hydrogens (tertiary/aromatic N) is 1. The number of oxime groups is 1. The molecule has 21 heavy (non-hydrogen) atoms. The van der Waals surface area contributed by atoms with Crippen LogP contribution in [-0.4, -0.2) is 23.3 Å². The average molecular weight is 301 g/mol. The lowest BCUT2D eigenvalue weighted by Gasteiger charge is -2.07. The minimum atomic E-state index is 0.660. The molecule has 4 heteroatoms. The molecule has 0 aliphatic rings. The van der Waals surface area contributed by atoms with Gasteiger partial charge in [-0.1, -0.05) is 30.3 Å². The zero-order valence-corrected chi connectivity index (χ0v) is 12.8. The lowest BCUT2D eigenvalue weighted by atomic mass is 10.1. The lowest BCUT2D eigenvalue weighted by molar-refractivity contribution is 0.318. The van der Waals surface area contributed by atoms with Crippen molar-refractivity contribution in [1.82, 2.24) is 0 Å².